The van der Waals surface area contributed by atoms with Gasteiger partial charge < -0.3 is 19.1 Å². The maximum Gasteiger partial charge on any atom is 0.228 e. The van der Waals surface area contributed by atoms with Gasteiger partial charge in [0.2, 0.25) is 11.8 Å². The molecule has 0 aliphatic carbocycles. The quantitative estimate of drug-likeness (QED) is 0.871. The van der Waals surface area contributed by atoms with Crippen molar-refractivity contribution in [2.24, 2.45) is 0 Å². The monoisotopic (exact) mass is 318 g/mol. The third kappa shape index (κ3) is 3.79. The second-order valence-electron chi connectivity index (χ2n) is 5.94. The number of amides is 1. The van der Waals surface area contributed by atoms with Crippen molar-refractivity contribution in [3.05, 3.63) is 36.2 Å². The Morgan fingerprint density at radius 1 is 1.35 bits per heavy atom. The van der Waals surface area contributed by atoms with E-state index in [1.54, 1.807) is 6.92 Å². The van der Waals surface area contributed by atoms with Crippen LogP contribution in [0, 0.1) is 6.92 Å². The number of hydrogen-bond acceptors (Lipinski definition) is 5. The molecule has 3 rings (SSSR count). The summed E-state index contributed by atoms with van der Waals surface area (Å²) < 4.78 is 12.7. The van der Waals surface area contributed by atoms with Crippen molar-refractivity contribution in [1.29, 1.82) is 0 Å². The number of aromatic nitrogens is 3. The molecule has 2 aromatic rings. The Morgan fingerprint density at radius 2 is 2.09 bits per heavy atom. The Kier molecular flexibility index (Phi) is 4.76. The van der Waals surface area contributed by atoms with Gasteiger partial charge in [-0.3, -0.25) is 4.79 Å². The van der Waals surface area contributed by atoms with E-state index in [0.717, 1.165) is 12.8 Å². The molecule has 1 aliphatic heterocycles. The summed E-state index contributed by atoms with van der Waals surface area (Å²) in [5.41, 5.74) is -0.188. The van der Waals surface area contributed by atoms with Gasteiger partial charge in [-0.1, -0.05) is 5.16 Å². The van der Waals surface area contributed by atoms with Crippen LogP contribution in [-0.2, 0) is 21.5 Å². The maximum atomic E-state index is 12.4. The molecule has 0 saturated carbocycles. The largest absolute Gasteiger partial charge is 0.381 e. The Bertz CT molecular complexity index is 630. The van der Waals surface area contributed by atoms with Gasteiger partial charge in [0.1, 0.15) is 0 Å². The standard InChI is InChI=1S/C16H22N4O3/c1-13-18-15(23-19-13)4-7-17-14(21)12-16(5-10-22-11-6-16)20-8-2-3-9-20/h2-3,8-9H,4-7,10-12H2,1H3,(H,17,21). The number of carbonyl (C=O) groups is 1. The molecular weight excluding hydrogens is 296 g/mol. The third-order valence-corrected chi connectivity index (χ3v) is 4.30. The highest BCUT2D eigenvalue weighted by Gasteiger charge is 2.35. The molecule has 0 aromatic carbocycles. The highest BCUT2D eigenvalue weighted by molar-refractivity contribution is 5.77. The number of nitrogens with one attached hydrogen (secondary N) is 1. The molecule has 1 N–H and O–H groups in total. The fourth-order valence-corrected chi connectivity index (χ4v) is 3.04. The van der Waals surface area contributed by atoms with Crippen LogP contribution in [0.4, 0.5) is 0 Å². The van der Waals surface area contributed by atoms with E-state index in [9.17, 15) is 4.79 Å². The first kappa shape index (κ1) is 15.7. The molecule has 1 saturated heterocycles. The number of ether oxygens (including phenoxy) is 1. The molecule has 0 radical (unpaired) electrons. The minimum atomic E-state index is -0.188. The van der Waals surface area contributed by atoms with Crippen LogP contribution in [0.15, 0.2) is 29.0 Å². The van der Waals surface area contributed by atoms with E-state index < -0.39 is 0 Å². The summed E-state index contributed by atoms with van der Waals surface area (Å²) in [6.07, 6.45) is 6.75. The predicted molar refractivity (Wildman–Crippen MR) is 82.8 cm³/mol. The average Bonchev–Trinajstić information content (AvgIpc) is 3.20. The second kappa shape index (κ2) is 6.95. The first-order valence-corrected chi connectivity index (χ1v) is 7.95. The molecule has 7 nitrogen and oxygen atoms in total. The molecular formula is C16H22N4O3. The fraction of sp³-hybridized carbons (Fsp3) is 0.562. The van der Waals surface area contributed by atoms with Gasteiger partial charge in [-0.05, 0) is 31.9 Å². The van der Waals surface area contributed by atoms with Crippen molar-refractivity contribution in [1.82, 2.24) is 20.0 Å². The minimum absolute atomic E-state index is 0.0387. The van der Waals surface area contributed by atoms with Gasteiger partial charge in [0, 0.05) is 38.6 Å². The zero-order valence-corrected chi connectivity index (χ0v) is 13.3. The zero-order chi connectivity index (χ0) is 16.1. The van der Waals surface area contributed by atoms with Gasteiger partial charge in [0.15, 0.2) is 5.82 Å². The Labute approximate surface area is 135 Å². The lowest BCUT2D eigenvalue weighted by Gasteiger charge is -2.38. The van der Waals surface area contributed by atoms with E-state index in [-0.39, 0.29) is 11.4 Å². The number of hydrogen-bond donors (Lipinski definition) is 1. The van der Waals surface area contributed by atoms with Crippen molar-refractivity contribution in [2.75, 3.05) is 19.8 Å². The number of carbonyl (C=O) groups excluding carboxylic acids is 1. The molecule has 23 heavy (non-hydrogen) atoms. The lowest BCUT2D eigenvalue weighted by atomic mass is 9.86. The molecule has 0 unspecified atom stereocenters. The van der Waals surface area contributed by atoms with Gasteiger partial charge in [-0.15, -0.1) is 0 Å². The molecule has 0 spiro atoms. The summed E-state index contributed by atoms with van der Waals surface area (Å²) in [5, 5.41) is 6.69. The Hall–Kier alpha value is -2.15. The van der Waals surface area contributed by atoms with Crippen LogP contribution < -0.4 is 5.32 Å². The van der Waals surface area contributed by atoms with Crippen molar-refractivity contribution < 1.29 is 14.1 Å². The summed E-state index contributed by atoms with van der Waals surface area (Å²) in [4.78, 5) is 16.5. The molecule has 7 heteroatoms. The lowest BCUT2D eigenvalue weighted by molar-refractivity contribution is -0.124. The van der Waals surface area contributed by atoms with E-state index in [4.69, 9.17) is 9.26 Å². The lowest BCUT2D eigenvalue weighted by Crippen LogP contribution is -2.43. The van der Waals surface area contributed by atoms with E-state index in [1.165, 1.54) is 0 Å². The maximum absolute atomic E-state index is 12.4. The number of nitrogens with zero attached hydrogens (tertiary/aromatic N) is 3. The van der Waals surface area contributed by atoms with Crippen LogP contribution in [-0.4, -0.2) is 40.4 Å². The third-order valence-electron chi connectivity index (χ3n) is 4.30. The highest BCUT2D eigenvalue weighted by Crippen LogP contribution is 2.32. The fourth-order valence-electron chi connectivity index (χ4n) is 3.04. The molecule has 1 fully saturated rings. The van der Waals surface area contributed by atoms with Crippen molar-refractivity contribution in [3.8, 4) is 0 Å². The summed E-state index contributed by atoms with van der Waals surface area (Å²) >= 11 is 0. The Morgan fingerprint density at radius 3 is 2.74 bits per heavy atom. The smallest absolute Gasteiger partial charge is 0.228 e. The first-order valence-electron chi connectivity index (χ1n) is 7.95. The molecule has 3 heterocycles. The van der Waals surface area contributed by atoms with Crippen LogP contribution in [0.3, 0.4) is 0 Å². The minimum Gasteiger partial charge on any atom is -0.381 e. The summed E-state index contributed by atoms with van der Waals surface area (Å²) in [6, 6.07) is 3.99. The molecule has 1 aliphatic rings. The van der Waals surface area contributed by atoms with Crippen molar-refractivity contribution >= 4 is 5.91 Å². The van der Waals surface area contributed by atoms with Crippen LogP contribution in [0.25, 0.3) is 0 Å². The summed E-state index contributed by atoms with van der Waals surface area (Å²) in [6.45, 7) is 3.65. The number of rotatable bonds is 6. The van der Waals surface area contributed by atoms with Gasteiger partial charge in [-0.25, -0.2) is 0 Å². The van der Waals surface area contributed by atoms with E-state index >= 15 is 0 Å². The van der Waals surface area contributed by atoms with Gasteiger partial charge in [0.25, 0.3) is 0 Å². The average molecular weight is 318 g/mol. The Balaban J connectivity index is 1.56. The van der Waals surface area contributed by atoms with Crippen LogP contribution in [0.1, 0.15) is 31.0 Å². The summed E-state index contributed by atoms with van der Waals surface area (Å²) in [7, 11) is 0. The topological polar surface area (TPSA) is 82.2 Å². The van der Waals surface area contributed by atoms with Crippen LogP contribution in [0.2, 0.25) is 0 Å². The molecule has 2 aromatic heterocycles. The van der Waals surface area contributed by atoms with Crippen molar-refractivity contribution in [3.63, 3.8) is 0 Å². The molecule has 1 amide bonds. The van der Waals surface area contributed by atoms with Crippen LogP contribution >= 0.6 is 0 Å². The first-order chi connectivity index (χ1) is 11.2. The van der Waals surface area contributed by atoms with E-state index in [2.05, 4.69) is 20.0 Å². The zero-order valence-electron chi connectivity index (χ0n) is 13.3. The van der Waals surface area contributed by atoms with E-state index in [1.807, 2.05) is 24.5 Å². The van der Waals surface area contributed by atoms with E-state index in [0.29, 0.717) is 44.3 Å². The number of aryl methyl sites for hydroxylation is 1. The van der Waals surface area contributed by atoms with Crippen LogP contribution in [0.5, 0.6) is 0 Å². The molecule has 0 atom stereocenters. The van der Waals surface area contributed by atoms with Gasteiger partial charge in [-0.2, -0.15) is 4.98 Å². The van der Waals surface area contributed by atoms with Gasteiger partial charge in [0.05, 0.1) is 12.0 Å². The predicted octanol–water partition coefficient (Wildman–Crippen LogP) is 1.43. The normalized spacial score (nSPS) is 17.1. The van der Waals surface area contributed by atoms with Gasteiger partial charge >= 0.3 is 0 Å². The SMILES string of the molecule is Cc1noc(CCNC(=O)CC2(n3cccc3)CCOCC2)n1. The van der Waals surface area contributed by atoms with Crippen molar-refractivity contribution in [2.45, 2.75) is 38.1 Å². The second-order valence-corrected chi connectivity index (χ2v) is 5.94. The molecule has 0 bridgehead atoms. The summed E-state index contributed by atoms with van der Waals surface area (Å²) in [5.74, 6) is 1.20. The highest BCUT2D eigenvalue weighted by atomic mass is 16.5. The molecule has 124 valence electrons.